The van der Waals surface area contributed by atoms with Gasteiger partial charge in [-0.1, -0.05) is 32.1 Å². The number of likely N-dealkylation sites (tertiary alicyclic amines) is 1. The van der Waals surface area contributed by atoms with Crippen molar-refractivity contribution in [2.75, 3.05) is 57.0 Å². The Hall–Kier alpha value is -1.93. The second-order valence-corrected chi connectivity index (χ2v) is 11.3. The van der Waals surface area contributed by atoms with Crippen LogP contribution in [0.5, 0.6) is 0 Å². The molecule has 2 N–H and O–H groups in total. The van der Waals surface area contributed by atoms with Crippen molar-refractivity contribution in [3.05, 3.63) is 12.3 Å². The first kappa shape index (κ1) is 27.1. The van der Waals surface area contributed by atoms with Gasteiger partial charge < -0.3 is 20.4 Å². The molecule has 2 aliphatic heterocycles. The van der Waals surface area contributed by atoms with Crippen LogP contribution in [0.25, 0.3) is 0 Å². The molecular weight excluding hydrogens is 450 g/mol. The molecule has 3 fully saturated rings. The summed E-state index contributed by atoms with van der Waals surface area (Å²) >= 11 is 0. The lowest BCUT2D eigenvalue weighted by molar-refractivity contribution is -0.123. The minimum absolute atomic E-state index is 0. The number of rotatable bonds is 10. The molecule has 4 rings (SSSR count). The van der Waals surface area contributed by atoms with Crippen molar-refractivity contribution in [1.29, 1.82) is 0 Å². The van der Waals surface area contributed by atoms with E-state index in [9.17, 15) is 4.79 Å². The minimum atomic E-state index is 0. The van der Waals surface area contributed by atoms with Crippen molar-refractivity contribution in [2.24, 2.45) is 0 Å². The highest BCUT2D eigenvalue weighted by Crippen LogP contribution is 2.31. The molecule has 1 aromatic rings. The average molecular weight is 502 g/mol. The largest absolute Gasteiger partial charge is 0.356 e. The molecule has 1 aliphatic carbocycles. The van der Waals surface area contributed by atoms with E-state index in [0.717, 1.165) is 57.8 Å². The Morgan fingerprint density at radius 2 is 1.78 bits per heavy atom. The summed E-state index contributed by atoms with van der Waals surface area (Å²) in [6, 6.07) is 3.01. The number of hydrogen-bond acceptors (Lipinski definition) is 7. The summed E-state index contributed by atoms with van der Waals surface area (Å²) in [5, 5.41) is 6.90. The van der Waals surface area contributed by atoms with Gasteiger partial charge in [-0.3, -0.25) is 9.69 Å². The van der Waals surface area contributed by atoms with Gasteiger partial charge in [-0.25, -0.2) is 4.98 Å². The van der Waals surface area contributed by atoms with Crippen molar-refractivity contribution in [3.63, 3.8) is 0 Å². The highest BCUT2D eigenvalue weighted by Gasteiger charge is 2.37. The first-order valence-corrected chi connectivity index (χ1v) is 14.6. The van der Waals surface area contributed by atoms with Crippen LogP contribution >= 0.6 is 0 Å². The number of nitrogens with zero attached hydrogens (tertiary/aromatic N) is 5. The molecule has 1 amide bonds. The molecular formula is C28H51N7O. The number of amides is 1. The fourth-order valence-electron chi connectivity index (χ4n) is 6.32. The van der Waals surface area contributed by atoms with Gasteiger partial charge in [0.25, 0.3) is 0 Å². The van der Waals surface area contributed by atoms with Gasteiger partial charge in [0, 0.05) is 51.8 Å². The van der Waals surface area contributed by atoms with Crippen molar-refractivity contribution < 1.29 is 6.22 Å². The molecule has 8 nitrogen and oxygen atoms in total. The summed E-state index contributed by atoms with van der Waals surface area (Å²) in [6.45, 7) is 4.98. The number of nitrogens with one attached hydrogen (secondary N) is 2. The summed E-state index contributed by atoms with van der Waals surface area (Å²) in [4.78, 5) is 29.8. The van der Waals surface area contributed by atoms with Crippen LogP contribution in [0.3, 0.4) is 0 Å². The molecule has 36 heavy (non-hydrogen) atoms. The Labute approximate surface area is 220 Å². The van der Waals surface area contributed by atoms with E-state index in [2.05, 4.69) is 44.4 Å². The van der Waals surface area contributed by atoms with E-state index in [1.54, 1.807) is 0 Å². The van der Waals surface area contributed by atoms with Gasteiger partial charge in [0.15, 0.2) is 0 Å². The maximum absolute atomic E-state index is 13.1. The zero-order valence-electron chi connectivity index (χ0n) is 22.8. The maximum atomic E-state index is 13.1. The van der Waals surface area contributed by atoms with Crippen LogP contribution in [0, 0.1) is 0 Å². The van der Waals surface area contributed by atoms with E-state index >= 15 is 0 Å². The van der Waals surface area contributed by atoms with E-state index in [0.29, 0.717) is 18.4 Å². The van der Waals surface area contributed by atoms with Gasteiger partial charge in [0.2, 0.25) is 11.9 Å². The topological polar surface area (TPSA) is 76.6 Å². The number of carbonyl (C=O) groups is 1. The summed E-state index contributed by atoms with van der Waals surface area (Å²) < 4.78 is 0. The van der Waals surface area contributed by atoms with Crippen LogP contribution in [-0.2, 0) is 4.79 Å². The third-order valence-corrected chi connectivity index (χ3v) is 8.25. The molecule has 0 aromatic carbocycles. The van der Waals surface area contributed by atoms with Crippen LogP contribution in [-0.4, -0.2) is 90.6 Å². The second-order valence-electron chi connectivity index (χ2n) is 11.3. The van der Waals surface area contributed by atoms with E-state index in [4.69, 9.17) is 4.98 Å². The number of hydrogen-bond donors (Lipinski definition) is 2. The fraction of sp³-hybridized carbons (Fsp3) is 0.821. The zero-order valence-corrected chi connectivity index (χ0v) is 22.8. The summed E-state index contributed by atoms with van der Waals surface area (Å²) in [5.74, 6) is 1.92. The molecule has 2 atom stereocenters. The molecule has 3 heterocycles. The monoisotopic (exact) mass is 501 g/mol. The highest BCUT2D eigenvalue weighted by molar-refractivity contribution is 5.76. The average Bonchev–Trinajstić information content (AvgIpc) is 3.18. The predicted octanol–water partition coefficient (Wildman–Crippen LogP) is 4.14. The Kier molecular flexibility index (Phi) is 10.6. The van der Waals surface area contributed by atoms with Gasteiger partial charge in [0.1, 0.15) is 5.82 Å². The molecule has 1 aromatic heterocycles. The SMILES string of the molecule is CN(C)CCCNC(=O)C[C@@H]1[C@@H](Nc2nccc(N3CCCCCC3)n2)CCCN1C1CCCCC1.[HH]. The lowest BCUT2D eigenvalue weighted by atomic mass is 9.87. The van der Waals surface area contributed by atoms with E-state index in [1.807, 2.05) is 12.3 Å². The molecule has 0 radical (unpaired) electrons. The van der Waals surface area contributed by atoms with Crippen molar-refractivity contribution in [2.45, 2.75) is 102 Å². The number of anilines is 2. The first-order chi connectivity index (χ1) is 17.6. The minimum Gasteiger partial charge on any atom is -0.356 e. The van der Waals surface area contributed by atoms with E-state index in [1.165, 1.54) is 57.8 Å². The number of carbonyl (C=O) groups excluding carboxylic acids is 1. The Morgan fingerprint density at radius 3 is 2.53 bits per heavy atom. The summed E-state index contributed by atoms with van der Waals surface area (Å²) in [5.41, 5.74) is 0. The fourth-order valence-corrected chi connectivity index (χ4v) is 6.32. The van der Waals surface area contributed by atoms with Gasteiger partial charge in [-0.2, -0.15) is 4.98 Å². The first-order valence-electron chi connectivity index (χ1n) is 14.6. The number of aromatic nitrogens is 2. The van der Waals surface area contributed by atoms with E-state index in [-0.39, 0.29) is 19.4 Å². The molecule has 0 unspecified atom stereocenters. The Balaban J connectivity index is 0.00000380. The highest BCUT2D eigenvalue weighted by atomic mass is 16.1. The van der Waals surface area contributed by atoms with E-state index < -0.39 is 0 Å². The Bertz CT molecular complexity index is 796. The number of piperidine rings is 1. The van der Waals surface area contributed by atoms with Gasteiger partial charge in [-0.15, -0.1) is 0 Å². The predicted molar refractivity (Wildman–Crippen MR) is 150 cm³/mol. The third-order valence-electron chi connectivity index (χ3n) is 8.25. The van der Waals surface area contributed by atoms with Gasteiger partial charge in [0.05, 0.1) is 0 Å². The van der Waals surface area contributed by atoms with Crippen molar-refractivity contribution >= 4 is 17.7 Å². The van der Waals surface area contributed by atoms with Gasteiger partial charge >= 0.3 is 0 Å². The standard InChI is InChI=1S/C28H49N7O.H2/c1-33(2)18-11-16-29-27(36)22-25-24(14-10-21-35(25)23-12-6-5-7-13-23)31-28-30-17-15-26(32-28)34-19-8-3-4-9-20-34;/h15,17,23-25H,3-14,16,18-22H2,1-2H3,(H,29,36)(H,30,31,32);1H/t24-,25+;/m0./s1. The quantitative estimate of drug-likeness (QED) is 0.467. The molecule has 0 spiro atoms. The molecule has 204 valence electrons. The smallest absolute Gasteiger partial charge is 0.224 e. The molecule has 8 heteroatoms. The zero-order chi connectivity index (χ0) is 25.2. The lowest BCUT2D eigenvalue weighted by Gasteiger charge is -2.46. The normalized spacial score (nSPS) is 24.5. The van der Waals surface area contributed by atoms with Crippen LogP contribution < -0.4 is 15.5 Å². The van der Waals surface area contributed by atoms with Crippen LogP contribution in [0.4, 0.5) is 11.8 Å². The second kappa shape index (κ2) is 14.1. The van der Waals surface area contributed by atoms with Crippen molar-refractivity contribution in [3.8, 4) is 0 Å². The van der Waals surface area contributed by atoms with Crippen molar-refractivity contribution in [1.82, 2.24) is 25.1 Å². The van der Waals surface area contributed by atoms with Crippen LogP contribution in [0.15, 0.2) is 12.3 Å². The maximum Gasteiger partial charge on any atom is 0.224 e. The molecule has 1 saturated carbocycles. The van der Waals surface area contributed by atoms with Crippen LogP contribution in [0.2, 0.25) is 0 Å². The molecule has 2 saturated heterocycles. The lowest BCUT2D eigenvalue weighted by Crippen LogP contribution is -2.57. The third kappa shape index (κ3) is 8.04. The Morgan fingerprint density at radius 1 is 1.03 bits per heavy atom. The van der Waals surface area contributed by atoms with Gasteiger partial charge in [-0.05, 0) is 78.2 Å². The summed E-state index contributed by atoms with van der Waals surface area (Å²) in [6.07, 6.45) is 17.2. The summed E-state index contributed by atoms with van der Waals surface area (Å²) in [7, 11) is 4.15. The van der Waals surface area contributed by atoms with Crippen LogP contribution in [0.1, 0.15) is 84.9 Å². The molecule has 3 aliphatic rings. The molecule has 0 bridgehead atoms.